The Bertz CT molecular complexity index is 291. The number of aliphatic hydroxyl groups excluding tert-OH is 1. The van der Waals surface area contributed by atoms with Crippen LogP contribution in [-0.4, -0.2) is 44.6 Å². The minimum Gasteiger partial charge on any atom is -0.391 e. The largest absolute Gasteiger partial charge is 0.391 e. The number of sulfonamides is 1. The van der Waals surface area contributed by atoms with Crippen LogP contribution in [0.2, 0.25) is 0 Å². The van der Waals surface area contributed by atoms with Gasteiger partial charge in [0, 0.05) is 12.6 Å². The van der Waals surface area contributed by atoms with Crippen molar-refractivity contribution >= 4 is 10.0 Å². The molecule has 0 aliphatic heterocycles. The van der Waals surface area contributed by atoms with E-state index in [0.29, 0.717) is 13.0 Å². The lowest BCUT2D eigenvalue weighted by molar-refractivity contribution is 0.101. The monoisotopic (exact) mass is 251 g/mol. The first-order valence-electron chi connectivity index (χ1n) is 5.81. The predicted molar refractivity (Wildman–Crippen MR) is 61.7 cm³/mol. The normalized spacial score (nSPS) is 26.9. The average molecular weight is 251 g/mol. The van der Waals surface area contributed by atoms with Crippen molar-refractivity contribution in [2.75, 3.05) is 19.0 Å². The average Bonchev–Trinajstić information content (AvgIpc) is 2.21. The van der Waals surface area contributed by atoms with Crippen molar-refractivity contribution in [1.29, 1.82) is 0 Å². The Morgan fingerprint density at radius 1 is 1.38 bits per heavy atom. The fraction of sp³-hybridized carbons (Fsp3) is 1.00. The number of nitrogens with one attached hydrogen (secondary N) is 1. The highest BCUT2D eigenvalue weighted by Crippen LogP contribution is 2.18. The van der Waals surface area contributed by atoms with E-state index in [1.54, 1.807) is 0 Å². The molecule has 0 spiro atoms. The summed E-state index contributed by atoms with van der Waals surface area (Å²) < 4.78 is 30.8. The van der Waals surface area contributed by atoms with Crippen molar-refractivity contribution in [3.05, 3.63) is 0 Å². The predicted octanol–water partition coefficient (Wildman–Crippen LogP) is 0.246. The van der Waals surface area contributed by atoms with E-state index in [2.05, 4.69) is 4.72 Å². The maximum Gasteiger partial charge on any atom is 0.214 e. The van der Waals surface area contributed by atoms with E-state index in [4.69, 9.17) is 4.74 Å². The summed E-state index contributed by atoms with van der Waals surface area (Å²) in [5.74, 6) is -0.0376. The topological polar surface area (TPSA) is 75.6 Å². The smallest absolute Gasteiger partial charge is 0.214 e. The van der Waals surface area contributed by atoms with Crippen molar-refractivity contribution in [2.45, 2.75) is 44.8 Å². The van der Waals surface area contributed by atoms with Gasteiger partial charge in [-0.15, -0.1) is 0 Å². The van der Waals surface area contributed by atoms with Gasteiger partial charge in [-0.05, 0) is 19.8 Å². The Kier molecular flexibility index (Phi) is 5.68. The second-order valence-electron chi connectivity index (χ2n) is 4.09. The molecule has 1 fully saturated rings. The summed E-state index contributed by atoms with van der Waals surface area (Å²) in [5, 5.41) is 9.65. The third-order valence-corrected chi connectivity index (χ3v) is 4.13. The molecule has 0 bridgehead atoms. The molecule has 0 aromatic carbocycles. The van der Waals surface area contributed by atoms with Crippen LogP contribution < -0.4 is 4.72 Å². The number of aliphatic hydroxyl groups is 1. The van der Waals surface area contributed by atoms with Crippen LogP contribution in [0.5, 0.6) is 0 Å². The first-order chi connectivity index (χ1) is 7.55. The van der Waals surface area contributed by atoms with Gasteiger partial charge in [0.1, 0.15) is 0 Å². The van der Waals surface area contributed by atoms with Crippen molar-refractivity contribution in [1.82, 2.24) is 4.72 Å². The molecule has 0 amide bonds. The molecule has 2 N–H and O–H groups in total. The standard InChI is InChI=1S/C10H21NO4S/c1-2-15-7-8-16(13,14)11-9-5-3-4-6-10(9)12/h9-12H,2-8H2,1H3/t9-,10-/m0/s1. The first kappa shape index (κ1) is 13.9. The lowest BCUT2D eigenvalue weighted by atomic mass is 9.93. The van der Waals surface area contributed by atoms with E-state index in [9.17, 15) is 13.5 Å². The zero-order valence-electron chi connectivity index (χ0n) is 9.68. The van der Waals surface area contributed by atoms with Gasteiger partial charge in [-0.25, -0.2) is 13.1 Å². The Balaban J connectivity index is 2.38. The third kappa shape index (κ3) is 4.78. The van der Waals surface area contributed by atoms with E-state index >= 15 is 0 Å². The minimum absolute atomic E-state index is 0.0376. The van der Waals surface area contributed by atoms with Crippen molar-refractivity contribution < 1.29 is 18.3 Å². The molecule has 1 aliphatic rings. The molecule has 0 radical (unpaired) electrons. The van der Waals surface area contributed by atoms with E-state index in [0.717, 1.165) is 19.3 Å². The summed E-state index contributed by atoms with van der Waals surface area (Å²) in [6, 6.07) is -0.319. The first-order valence-corrected chi connectivity index (χ1v) is 7.46. The molecule has 0 heterocycles. The van der Waals surface area contributed by atoms with Crippen LogP contribution in [0, 0.1) is 0 Å². The molecule has 16 heavy (non-hydrogen) atoms. The fourth-order valence-corrected chi connectivity index (χ4v) is 3.04. The summed E-state index contributed by atoms with van der Waals surface area (Å²) in [6.45, 7) is 2.54. The summed E-state index contributed by atoms with van der Waals surface area (Å²) in [7, 11) is -3.32. The maximum absolute atomic E-state index is 11.6. The van der Waals surface area contributed by atoms with Crippen LogP contribution in [0.3, 0.4) is 0 Å². The highest BCUT2D eigenvalue weighted by atomic mass is 32.2. The van der Waals surface area contributed by atoms with Gasteiger partial charge in [0.15, 0.2) is 0 Å². The van der Waals surface area contributed by atoms with Gasteiger partial charge < -0.3 is 9.84 Å². The highest BCUT2D eigenvalue weighted by molar-refractivity contribution is 7.89. The molecule has 96 valence electrons. The Morgan fingerprint density at radius 3 is 2.69 bits per heavy atom. The van der Waals surface area contributed by atoms with Crippen molar-refractivity contribution in [2.24, 2.45) is 0 Å². The van der Waals surface area contributed by atoms with E-state index in [1.165, 1.54) is 0 Å². The number of ether oxygens (including phenoxy) is 1. The number of hydrogen-bond donors (Lipinski definition) is 2. The van der Waals surface area contributed by atoms with Gasteiger partial charge in [-0.2, -0.15) is 0 Å². The van der Waals surface area contributed by atoms with Gasteiger partial charge in [0.25, 0.3) is 0 Å². The van der Waals surface area contributed by atoms with Crippen LogP contribution in [-0.2, 0) is 14.8 Å². The summed E-state index contributed by atoms with van der Waals surface area (Å²) in [6.07, 6.45) is 2.79. The van der Waals surface area contributed by atoms with E-state index in [-0.39, 0.29) is 18.4 Å². The van der Waals surface area contributed by atoms with Gasteiger partial charge >= 0.3 is 0 Å². The summed E-state index contributed by atoms with van der Waals surface area (Å²) in [4.78, 5) is 0. The molecular weight excluding hydrogens is 230 g/mol. The Morgan fingerprint density at radius 2 is 2.06 bits per heavy atom. The number of rotatable bonds is 6. The van der Waals surface area contributed by atoms with Crippen LogP contribution in [0.1, 0.15) is 32.6 Å². The molecule has 0 unspecified atom stereocenters. The SMILES string of the molecule is CCOCCS(=O)(=O)N[C@H]1CCCC[C@@H]1O. The van der Waals surface area contributed by atoms with Crippen molar-refractivity contribution in [3.63, 3.8) is 0 Å². The quantitative estimate of drug-likeness (QED) is 0.663. The molecule has 5 nitrogen and oxygen atoms in total. The molecule has 1 aliphatic carbocycles. The molecular formula is C10H21NO4S. The maximum atomic E-state index is 11.6. The number of hydrogen-bond acceptors (Lipinski definition) is 4. The Hall–Kier alpha value is -0.170. The van der Waals surface area contributed by atoms with Crippen LogP contribution in [0.4, 0.5) is 0 Å². The fourth-order valence-electron chi connectivity index (χ4n) is 1.85. The lowest BCUT2D eigenvalue weighted by Gasteiger charge is -2.28. The second kappa shape index (κ2) is 6.54. The molecule has 0 saturated heterocycles. The van der Waals surface area contributed by atoms with Gasteiger partial charge in [-0.3, -0.25) is 0 Å². The van der Waals surface area contributed by atoms with Gasteiger partial charge in [0.2, 0.25) is 10.0 Å². The van der Waals surface area contributed by atoms with E-state index in [1.807, 2.05) is 6.92 Å². The Labute approximate surface area is 97.2 Å². The van der Waals surface area contributed by atoms with Gasteiger partial charge in [0.05, 0.1) is 18.5 Å². The van der Waals surface area contributed by atoms with Crippen LogP contribution >= 0.6 is 0 Å². The molecule has 1 rings (SSSR count). The zero-order chi connectivity index (χ0) is 12.0. The molecule has 0 aromatic rings. The molecule has 6 heteroatoms. The summed E-state index contributed by atoms with van der Waals surface area (Å²) >= 11 is 0. The highest BCUT2D eigenvalue weighted by Gasteiger charge is 2.26. The zero-order valence-corrected chi connectivity index (χ0v) is 10.5. The van der Waals surface area contributed by atoms with Crippen molar-refractivity contribution in [3.8, 4) is 0 Å². The van der Waals surface area contributed by atoms with E-state index < -0.39 is 16.1 Å². The van der Waals surface area contributed by atoms with Crippen LogP contribution in [0.15, 0.2) is 0 Å². The minimum atomic E-state index is -3.32. The molecule has 1 saturated carbocycles. The van der Waals surface area contributed by atoms with Crippen LogP contribution in [0.25, 0.3) is 0 Å². The van der Waals surface area contributed by atoms with Gasteiger partial charge in [-0.1, -0.05) is 12.8 Å². The molecule has 0 aromatic heterocycles. The summed E-state index contributed by atoms with van der Waals surface area (Å²) in [5.41, 5.74) is 0. The second-order valence-corrected chi connectivity index (χ2v) is 5.97. The lowest BCUT2D eigenvalue weighted by Crippen LogP contribution is -2.46. The third-order valence-electron chi connectivity index (χ3n) is 2.76. The molecule has 2 atom stereocenters.